The van der Waals surface area contributed by atoms with E-state index in [1.165, 1.54) is 55.1 Å². The summed E-state index contributed by atoms with van der Waals surface area (Å²) in [6.07, 6.45) is 4.94. The highest BCUT2D eigenvalue weighted by Crippen LogP contribution is 2.24. The zero-order valence-electron chi connectivity index (χ0n) is 18.4. The Morgan fingerprint density at radius 1 is 1.17 bits per heavy atom. The molecule has 1 fully saturated rings. The van der Waals surface area contributed by atoms with Gasteiger partial charge in [0.15, 0.2) is 0 Å². The molecule has 29 heavy (non-hydrogen) atoms. The molecule has 1 heterocycles. The molecular formula is C25H37N3O. The van der Waals surface area contributed by atoms with E-state index in [9.17, 15) is 4.79 Å². The summed E-state index contributed by atoms with van der Waals surface area (Å²) >= 11 is 0. The number of benzene rings is 2. The van der Waals surface area contributed by atoms with Crippen LogP contribution in [0.4, 0.5) is 0 Å². The van der Waals surface area contributed by atoms with Crippen molar-refractivity contribution in [1.82, 2.24) is 15.1 Å². The molecule has 1 saturated heterocycles. The molecule has 158 valence electrons. The van der Waals surface area contributed by atoms with Crippen LogP contribution in [0.15, 0.2) is 42.5 Å². The second-order valence-electron chi connectivity index (χ2n) is 8.69. The maximum atomic E-state index is 12.6. The largest absolute Gasteiger partial charge is 0.348 e. The molecule has 1 atom stereocenters. The number of fused-ring (bicyclic) bond motifs is 1. The summed E-state index contributed by atoms with van der Waals surface area (Å²) in [5.41, 5.74) is 1.19. The number of unbranched alkanes of at least 4 members (excludes halogenated alkanes) is 1. The van der Waals surface area contributed by atoms with E-state index in [0.29, 0.717) is 6.54 Å². The molecule has 3 rings (SSSR count). The molecule has 1 aliphatic rings. The van der Waals surface area contributed by atoms with Crippen molar-refractivity contribution in [2.24, 2.45) is 5.92 Å². The van der Waals surface area contributed by atoms with Crippen molar-refractivity contribution in [2.75, 3.05) is 39.8 Å². The van der Waals surface area contributed by atoms with E-state index in [1.807, 2.05) is 0 Å². The Kier molecular flexibility index (Phi) is 8.08. The summed E-state index contributed by atoms with van der Waals surface area (Å²) in [5.74, 6) is 0.898. The van der Waals surface area contributed by atoms with Crippen molar-refractivity contribution in [3.8, 4) is 0 Å². The van der Waals surface area contributed by atoms with Crippen molar-refractivity contribution < 1.29 is 4.79 Å². The van der Waals surface area contributed by atoms with Gasteiger partial charge in [-0.05, 0) is 75.1 Å². The van der Waals surface area contributed by atoms with Gasteiger partial charge in [-0.15, -0.1) is 0 Å². The zero-order valence-corrected chi connectivity index (χ0v) is 18.4. The second-order valence-corrected chi connectivity index (χ2v) is 8.69. The molecule has 1 unspecified atom stereocenters. The third kappa shape index (κ3) is 6.28. The summed E-state index contributed by atoms with van der Waals surface area (Å²) in [7, 11) is 2.24. The molecule has 0 saturated carbocycles. The number of nitrogens with zero attached hydrogens (tertiary/aromatic N) is 2. The average Bonchev–Trinajstić information content (AvgIpc) is 2.73. The Hall–Kier alpha value is -1.91. The van der Waals surface area contributed by atoms with Crippen molar-refractivity contribution in [1.29, 1.82) is 0 Å². The van der Waals surface area contributed by atoms with Gasteiger partial charge in [-0.25, -0.2) is 0 Å². The molecule has 0 aromatic heterocycles. The normalized spacial score (nSPS) is 17.0. The van der Waals surface area contributed by atoms with E-state index in [0.717, 1.165) is 19.0 Å². The maximum absolute atomic E-state index is 12.6. The van der Waals surface area contributed by atoms with Crippen LogP contribution in [0, 0.1) is 5.92 Å². The van der Waals surface area contributed by atoms with E-state index < -0.39 is 0 Å². The van der Waals surface area contributed by atoms with Crippen molar-refractivity contribution in [2.45, 2.75) is 45.6 Å². The number of rotatable bonds is 9. The highest BCUT2D eigenvalue weighted by molar-refractivity contribution is 5.87. The number of carbonyl (C=O) groups excluding carboxylic acids is 1. The highest BCUT2D eigenvalue weighted by atomic mass is 16.2. The fourth-order valence-corrected chi connectivity index (χ4v) is 4.48. The van der Waals surface area contributed by atoms with Gasteiger partial charge in [0.25, 0.3) is 0 Å². The van der Waals surface area contributed by atoms with Crippen LogP contribution >= 0.6 is 0 Å². The van der Waals surface area contributed by atoms with Crippen LogP contribution in [0.2, 0.25) is 0 Å². The lowest BCUT2D eigenvalue weighted by atomic mass is 9.96. The molecule has 4 heteroatoms. The number of amides is 1. The maximum Gasteiger partial charge on any atom is 0.234 e. The molecule has 0 aliphatic carbocycles. The Morgan fingerprint density at radius 2 is 1.90 bits per heavy atom. The van der Waals surface area contributed by atoms with E-state index in [-0.39, 0.29) is 11.9 Å². The highest BCUT2D eigenvalue weighted by Gasteiger charge is 2.22. The average molecular weight is 396 g/mol. The summed E-state index contributed by atoms with van der Waals surface area (Å²) in [5, 5.41) is 5.65. The van der Waals surface area contributed by atoms with Gasteiger partial charge in [0, 0.05) is 6.54 Å². The molecule has 0 spiro atoms. The molecule has 2 aromatic carbocycles. The fraction of sp³-hybridized carbons (Fsp3) is 0.560. The minimum Gasteiger partial charge on any atom is -0.348 e. The standard InChI is InChI=1S/C25H37N3O/c1-4-5-15-27(3)18-21-13-16-28(17-14-21)19-25(29)26-20(2)23-12-8-10-22-9-6-7-11-24(22)23/h6-12,20-21H,4-5,13-19H2,1-3H3,(H,26,29). The first-order valence-corrected chi connectivity index (χ1v) is 11.2. The van der Waals surface area contributed by atoms with Crippen LogP contribution in [-0.2, 0) is 4.79 Å². The molecule has 2 aromatic rings. The predicted octanol–water partition coefficient (Wildman–Crippen LogP) is 4.46. The van der Waals surface area contributed by atoms with E-state index in [1.54, 1.807) is 0 Å². The van der Waals surface area contributed by atoms with Crippen LogP contribution in [0.3, 0.4) is 0 Å². The third-order valence-corrected chi connectivity index (χ3v) is 6.20. The van der Waals surface area contributed by atoms with Crippen molar-refractivity contribution >= 4 is 16.7 Å². The quantitative estimate of drug-likeness (QED) is 0.681. The van der Waals surface area contributed by atoms with Crippen molar-refractivity contribution in [3.05, 3.63) is 48.0 Å². The second kappa shape index (κ2) is 10.7. The van der Waals surface area contributed by atoms with Gasteiger partial charge in [-0.3, -0.25) is 9.69 Å². The number of likely N-dealkylation sites (tertiary alicyclic amines) is 1. The molecule has 1 amide bonds. The van der Waals surface area contributed by atoms with Gasteiger partial charge in [0.1, 0.15) is 0 Å². The summed E-state index contributed by atoms with van der Waals surface area (Å²) in [6, 6.07) is 14.7. The lowest BCUT2D eigenvalue weighted by Gasteiger charge is -2.33. The Morgan fingerprint density at radius 3 is 2.66 bits per heavy atom. The smallest absolute Gasteiger partial charge is 0.234 e. The SMILES string of the molecule is CCCCN(C)CC1CCN(CC(=O)NC(C)c2cccc3ccccc23)CC1. The summed E-state index contributed by atoms with van der Waals surface area (Å²) < 4.78 is 0. The lowest BCUT2D eigenvalue weighted by Crippen LogP contribution is -2.43. The number of nitrogens with one attached hydrogen (secondary N) is 1. The van der Waals surface area contributed by atoms with E-state index >= 15 is 0 Å². The Bertz CT molecular complexity index is 777. The molecule has 4 nitrogen and oxygen atoms in total. The molecule has 0 bridgehead atoms. The van der Waals surface area contributed by atoms with Gasteiger partial charge in [0.05, 0.1) is 12.6 Å². The first-order valence-electron chi connectivity index (χ1n) is 11.2. The lowest BCUT2D eigenvalue weighted by molar-refractivity contribution is -0.123. The van der Waals surface area contributed by atoms with Gasteiger partial charge in [-0.1, -0.05) is 55.8 Å². The van der Waals surface area contributed by atoms with Crippen LogP contribution < -0.4 is 5.32 Å². The first-order chi connectivity index (χ1) is 14.1. The fourth-order valence-electron chi connectivity index (χ4n) is 4.48. The minimum atomic E-state index is 0.0124. The van der Waals surface area contributed by atoms with Crippen LogP contribution in [-0.4, -0.2) is 55.5 Å². The minimum absolute atomic E-state index is 0.0124. The molecule has 1 aliphatic heterocycles. The molecule has 1 N–H and O–H groups in total. The van der Waals surface area contributed by atoms with Crippen LogP contribution in [0.25, 0.3) is 10.8 Å². The number of piperidine rings is 1. The summed E-state index contributed by atoms with van der Waals surface area (Å²) in [6.45, 7) is 9.29. The monoisotopic (exact) mass is 395 g/mol. The Balaban J connectivity index is 1.45. The first kappa shape index (κ1) is 21.8. The molecule has 0 radical (unpaired) electrons. The van der Waals surface area contributed by atoms with Crippen LogP contribution in [0.1, 0.15) is 51.1 Å². The van der Waals surface area contributed by atoms with Crippen molar-refractivity contribution in [3.63, 3.8) is 0 Å². The zero-order chi connectivity index (χ0) is 20.6. The van der Waals surface area contributed by atoms with Crippen LogP contribution in [0.5, 0.6) is 0 Å². The predicted molar refractivity (Wildman–Crippen MR) is 122 cm³/mol. The molecular weight excluding hydrogens is 358 g/mol. The number of hydrogen-bond acceptors (Lipinski definition) is 3. The van der Waals surface area contributed by atoms with Gasteiger partial charge < -0.3 is 10.2 Å². The van der Waals surface area contributed by atoms with E-state index in [4.69, 9.17) is 0 Å². The van der Waals surface area contributed by atoms with Gasteiger partial charge in [-0.2, -0.15) is 0 Å². The van der Waals surface area contributed by atoms with Gasteiger partial charge >= 0.3 is 0 Å². The Labute approximate surface area is 176 Å². The van der Waals surface area contributed by atoms with E-state index in [2.05, 4.69) is 78.5 Å². The van der Waals surface area contributed by atoms with Gasteiger partial charge in [0.2, 0.25) is 5.91 Å². The topological polar surface area (TPSA) is 35.6 Å². The summed E-state index contributed by atoms with van der Waals surface area (Å²) in [4.78, 5) is 17.4. The number of carbonyl (C=O) groups is 1. The third-order valence-electron chi connectivity index (χ3n) is 6.20. The number of hydrogen-bond donors (Lipinski definition) is 1.